The summed E-state index contributed by atoms with van der Waals surface area (Å²) in [5, 5.41) is 7.12. The maximum absolute atomic E-state index is 11.9. The van der Waals surface area contributed by atoms with Gasteiger partial charge in [-0.3, -0.25) is 4.79 Å². The van der Waals surface area contributed by atoms with Crippen LogP contribution < -0.4 is 10.6 Å². The standard InChI is InChI=1S/C15H29N3O/c1-12(2)15(19)18-9-5-14(6-10-18)17-11-13-3-7-16-8-4-13/h12-14,16-17H,3-11H2,1-2H3. The molecule has 0 spiro atoms. The van der Waals surface area contributed by atoms with Crippen molar-refractivity contribution in [1.29, 1.82) is 0 Å². The third kappa shape index (κ3) is 4.46. The molecule has 2 heterocycles. The van der Waals surface area contributed by atoms with Gasteiger partial charge in [-0.2, -0.15) is 0 Å². The minimum absolute atomic E-state index is 0.138. The summed E-state index contributed by atoms with van der Waals surface area (Å²) in [6, 6.07) is 0.617. The first-order chi connectivity index (χ1) is 9.16. The lowest BCUT2D eigenvalue weighted by Gasteiger charge is -2.34. The van der Waals surface area contributed by atoms with Gasteiger partial charge in [0.15, 0.2) is 0 Å². The highest BCUT2D eigenvalue weighted by molar-refractivity contribution is 5.78. The van der Waals surface area contributed by atoms with Crippen molar-refractivity contribution in [3.8, 4) is 0 Å². The van der Waals surface area contributed by atoms with Crippen LogP contribution in [0.3, 0.4) is 0 Å². The smallest absolute Gasteiger partial charge is 0.225 e. The van der Waals surface area contributed by atoms with Gasteiger partial charge >= 0.3 is 0 Å². The summed E-state index contributed by atoms with van der Waals surface area (Å²) in [6.45, 7) is 9.35. The molecule has 0 aliphatic carbocycles. The van der Waals surface area contributed by atoms with Crippen molar-refractivity contribution >= 4 is 5.91 Å². The van der Waals surface area contributed by atoms with Crippen LogP contribution in [0.2, 0.25) is 0 Å². The van der Waals surface area contributed by atoms with Crippen molar-refractivity contribution in [2.75, 3.05) is 32.7 Å². The van der Waals surface area contributed by atoms with Crippen LogP contribution in [0.15, 0.2) is 0 Å². The normalized spacial score (nSPS) is 23.0. The van der Waals surface area contributed by atoms with Gasteiger partial charge in [-0.15, -0.1) is 0 Å². The molecule has 2 saturated heterocycles. The zero-order valence-electron chi connectivity index (χ0n) is 12.5. The van der Waals surface area contributed by atoms with Crippen molar-refractivity contribution in [1.82, 2.24) is 15.5 Å². The quantitative estimate of drug-likeness (QED) is 0.805. The van der Waals surface area contributed by atoms with Crippen LogP contribution in [0.5, 0.6) is 0 Å². The lowest BCUT2D eigenvalue weighted by Crippen LogP contribution is -2.47. The molecule has 0 aromatic rings. The summed E-state index contributed by atoms with van der Waals surface area (Å²) >= 11 is 0. The van der Waals surface area contributed by atoms with E-state index in [9.17, 15) is 4.79 Å². The summed E-state index contributed by atoms with van der Waals surface area (Å²) in [4.78, 5) is 13.9. The largest absolute Gasteiger partial charge is 0.342 e. The van der Waals surface area contributed by atoms with Crippen LogP contribution in [-0.4, -0.2) is 49.6 Å². The van der Waals surface area contributed by atoms with Crippen molar-refractivity contribution in [3.05, 3.63) is 0 Å². The second-order valence-corrected chi connectivity index (χ2v) is 6.36. The van der Waals surface area contributed by atoms with E-state index in [0.29, 0.717) is 11.9 Å². The fraction of sp³-hybridized carbons (Fsp3) is 0.933. The van der Waals surface area contributed by atoms with Gasteiger partial charge in [0, 0.05) is 25.0 Å². The molecule has 2 aliphatic rings. The van der Waals surface area contributed by atoms with E-state index in [-0.39, 0.29) is 5.92 Å². The molecule has 4 nitrogen and oxygen atoms in total. The Balaban J connectivity index is 1.64. The lowest BCUT2D eigenvalue weighted by molar-refractivity contribution is -0.135. The molecule has 2 N–H and O–H groups in total. The van der Waals surface area contributed by atoms with E-state index in [4.69, 9.17) is 0 Å². The number of amides is 1. The Morgan fingerprint density at radius 2 is 1.84 bits per heavy atom. The highest BCUT2D eigenvalue weighted by atomic mass is 16.2. The molecule has 0 bridgehead atoms. The Bertz CT molecular complexity index is 279. The summed E-state index contributed by atoms with van der Waals surface area (Å²) in [6.07, 6.45) is 4.84. The second-order valence-electron chi connectivity index (χ2n) is 6.36. The fourth-order valence-electron chi connectivity index (χ4n) is 3.09. The first kappa shape index (κ1) is 14.8. The molecule has 0 aromatic carbocycles. The van der Waals surface area contributed by atoms with Crippen LogP contribution in [0.25, 0.3) is 0 Å². The minimum atomic E-state index is 0.138. The van der Waals surface area contributed by atoms with Gasteiger partial charge in [0.1, 0.15) is 0 Å². The number of nitrogens with zero attached hydrogens (tertiary/aromatic N) is 1. The topological polar surface area (TPSA) is 44.4 Å². The molecule has 110 valence electrons. The van der Waals surface area contributed by atoms with Gasteiger partial charge < -0.3 is 15.5 Å². The molecular formula is C15H29N3O. The van der Waals surface area contributed by atoms with Crippen molar-refractivity contribution in [2.24, 2.45) is 11.8 Å². The van der Waals surface area contributed by atoms with E-state index in [1.807, 2.05) is 18.7 Å². The Hall–Kier alpha value is -0.610. The molecule has 2 fully saturated rings. The van der Waals surface area contributed by atoms with Gasteiger partial charge in [-0.25, -0.2) is 0 Å². The maximum atomic E-state index is 11.9. The van der Waals surface area contributed by atoms with Crippen molar-refractivity contribution in [3.63, 3.8) is 0 Å². The van der Waals surface area contributed by atoms with Gasteiger partial charge in [-0.1, -0.05) is 13.8 Å². The van der Waals surface area contributed by atoms with Gasteiger partial charge in [0.25, 0.3) is 0 Å². The lowest BCUT2D eigenvalue weighted by atomic mass is 9.96. The predicted octanol–water partition coefficient (Wildman–Crippen LogP) is 1.22. The van der Waals surface area contributed by atoms with E-state index in [1.165, 1.54) is 25.9 Å². The van der Waals surface area contributed by atoms with E-state index in [0.717, 1.165) is 38.4 Å². The first-order valence-electron chi connectivity index (χ1n) is 7.89. The zero-order valence-corrected chi connectivity index (χ0v) is 12.5. The molecule has 4 heteroatoms. The molecule has 19 heavy (non-hydrogen) atoms. The molecule has 1 amide bonds. The highest BCUT2D eigenvalue weighted by Gasteiger charge is 2.24. The number of rotatable bonds is 4. The molecule has 0 aromatic heterocycles. The van der Waals surface area contributed by atoms with E-state index in [2.05, 4.69) is 10.6 Å². The number of likely N-dealkylation sites (tertiary alicyclic amines) is 1. The highest BCUT2D eigenvalue weighted by Crippen LogP contribution is 2.15. The third-order valence-corrected chi connectivity index (χ3v) is 4.45. The molecule has 0 radical (unpaired) electrons. The molecular weight excluding hydrogens is 238 g/mol. The van der Waals surface area contributed by atoms with Crippen molar-refractivity contribution in [2.45, 2.75) is 45.6 Å². The average Bonchev–Trinajstić information content (AvgIpc) is 2.46. The number of hydrogen-bond acceptors (Lipinski definition) is 3. The molecule has 0 atom stereocenters. The Labute approximate surface area is 117 Å². The fourth-order valence-corrected chi connectivity index (χ4v) is 3.09. The molecule has 0 unspecified atom stereocenters. The summed E-state index contributed by atoms with van der Waals surface area (Å²) in [5.74, 6) is 1.30. The monoisotopic (exact) mass is 267 g/mol. The molecule has 0 saturated carbocycles. The van der Waals surface area contributed by atoms with Crippen LogP contribution in [0.1, 0.15) is 39.5 Å². The van der Waals surface area contributed by atoms with E-state index < -0.39 is 0 Å². The SMILES string of the molecule is CC(C)C(=O)N1CCC(NCC2CCNCC2)CC1. The summed E-state index contributed by atoms with van der Waals surface area (Å²) in [7, 11) is 0. The van der Waals surface area contributed by atoms with E-state index in [1.54, 1.807) is 0 Å². The number of nitrogens with one attached hydrogen (secondary N) is 2. The van der Waals surface area contributed by atoms with Gasteiger partial charge in [0.05, 0.1) is 0 Å². The van der Waals surface area contributed by atoms with Gasteiger partial charge in [0.2, 0.25) is 5.91 Å². The first-order valence-corrected chi connectivity index (χ1v) is 7.89. The number of hydrogen-bond donors (Lipinski definition) is 2. The second kappa shape index (κ2) is 7.25. The van der Waals surface area contributed by atoms with Crippen LogP contribution in [0.4, 0.5) is 0 Å². The predicted molar refractivity (Wildman–Crippen MR) is 78.0 cm³/mol. The number of carbonyl (C=O) groups excluding carboxylic acids is 1. The average molecular weight is 267 g/mol. The Morgan fingerprint density at radius 3 is 2.42 bits per heavy atom. The Morgan fingerprint density at radius 1 is 1.21 bits per heavy atom. The van der Waals surface area contributed by atoms with Crippen LogP contribution >= 0.6 is 0 Å². The van der Waals surface area contributed by atoms with Gasteiger partial charge in [-0.05, 0) is 51.2 Å². The molecule has 2 rings (SSSR count). The van der Waals surface area contributed by atoms with Crippen LogP contribution in [0, 0.1) is 11.8 Å². The van der Waals surface area contributed by atoms with Crippen LogP contribution in [-0.2, 0) is 4.79 Å². The number of piperidine rings is 2. The molecule has 2 aliphatic heterocycles. The number of carbonyl (C=O) groups is 1. The summed E-state index contributed by atoms with van der Waals surface area (Å²) < 4.78 is 0. The minimum Gasteiger partial charge on any atom is -0.342 e. The third-order valence-electron chi connectivity index (χ3n) is 4.45. The Kier molecular flexibility index (Phi) is 5.64. The van der Waals surface area contributed by atoms with Crippen molar-refractivity contribution < 1.29 is 4.79 Å². The maximum Gasteiger partial charge on any atom is 0.225 e. The summed E-state index contributed by atoms with van der Waals surface area (Å²) in [5.41, 5.74) is 0. The zero-order chi connectivity index (χ0) is 13.7. The van der Waals surface area contributed by atoms with E-state index >= 15 is 0 Å².